The average molecular weight is 221 g/mol. The van der Waals surface area contributed by atoms with E-state index >= 15 is 0 Å². The van der Waals surface area contributed by atoms with Crippen LogP contribution in [0.2, 0.25) is 0 Å². The number of nitrogens with one attached hydrogen (secondary N) is 1. The van der Waals surface area contributed by atoms with Crippen LogP contribution in [-0.2, 0) is 6.54 Å². The van der Waals surface area contributed by atoms with E-state index in [9.17, 15) is 0 Å². The number of benzene rings is 1. The molecule has 1 atom stereocenters. The molecule has 0 amide bonds. The maximum Gasteiger partial charge on any atom is 0.0202 e. The summed E-state index contributed by atoms with van der Waals surface area (Å²) in [6.45, 7) is 3.22. The van der Waals surface area contributed by atoms with Gasteiger partial charge in [-0.3, -0.25) is 0 Å². The highest BCUT2D eigenvalue weighted by Gasteiger charge is 2.13. The van der Waals surface area contributed by atoms with Crippen LogP contribution in [0, 0.1) is 0 Å². The fourth-order valence-electron chi connectivity index (χ4n) is 1.77. The first-order valence-corrected chi connectivity index (χ1v) is 5.85. The predicted molar refractivity (Wildman–Crippen MR) is 69.3 cm³/mol. The Hall–Kier alpha value is -0.900. The Balaban J connectivity index is 0.000000165. The molecular formula is C13H23N3. The van der Waals surface area contributed by atoms with Crippen molar-refractivity contribution in [1.29, 1.82) is 0 Å². The van der Waals surface area contributed by atoms with Crippen molar-refractivity contribution in [2.24, 2.45) is 5.73 Å². The molecule has 0 aromatic heterocycles. The molecule has 2 rings (SSSR count). The maximum absolute atomic E-state index is 5.58. The molecule has 1 heterocycles. The summed E-state index contributed by atoms with van der Waals surface area (Å²) in [7, 11) is 4.06. The van der Waals surface area contributed by atoms with Crippen molar-refractivity contribution in [1.82, 2.24) is 10.2 Å². The molecule has 16 heavy (non-hydrogen) atoms. The summed E-state index contributed by atoms with van der Waals surface area (Å²) in [4.78, 5) is 2.25. The maximum atomic E-state index is 5.58. The van der Waals surface area contributed by atoms with Gasteiger partial charge in [0, 0.05) is 19.1 Å². The third-order valence-corrected chi connectivity index (χ3v) is 2.65. The van der Waals surface area contributed by atoms with Crippen LogP contribution in [0.15, 0.2) is 30.3 Å². The Morgan fingerprint density at radius 2 is 2.06 bits per heavy atom. The number of rotatable bonds is 2. The number of likely N-dealkylation sites (tertiary alicyclic amines) is 1. The van der Waals surface area contributed by atoms with Crippen molar-refractivity contribution in [3.05, 3.63) is 35.9 Å². The average Bonchev–Trinajstić information content (AvgIpc) is 2.65. The van der Waals surface area contributed by atoms with Gasteiger partial charge in [0.15, 0.2) is 0 Å². The van der Waals surface area contributed by atoms with Gasteiger partial charge in [-0.05, 0) is 32.6 Å². The molecule has 3 nitrogen and oxygen atoms in total. The quantitative estimate of drug-likeness (QED) is 0.784. The van der Waals surface area contributed by atoms with E-state index in [4.69, 9.17) is 5.73 Å². The molecule has 0 aliphatic carbocycles. The van der Waals surface area contributed by atoms with Gasteiger partial charge in [-0.1, -0.05) is 30.3 Å². The second-order valence-electron chi connectivity index (χ2n) is 4.33. The van der Waals surface area contributed by atoms with Crippen LogP contribution in [0.4, 0.5) is 0 Å². The first-order valence-electron chi connectivity index (χ1n) is 5.85. The Bertz CT molecular complexity index is 266. The second kappa shape index (κ2) is 7.39. The van der Waals surface area contributed by atoms with Crippen molar-refractivity contribution in [3.63, 3.8) is 0 Å². The fraction of sp³-hybridized carbons (Fsp3) is 0.538. The topological polar surface area (TPSA) is 41.3 Å². The summed E-state index contributed by atoms with van der Waals surface area (Å²) in [5.41, 5.74) is 6.92. The van der Waals surface area contributed by atoms with Gasteiger partial charge in [-0.15, -0.1) is 0 Å². The number of nitrogens with two attached hydrogens (primary N) is 1. The molecule has 0 saturated carbocycles. The van der Waals surface area contributed by atoms with Crippen molar-refractivity contribution in [2.75, 3.05) is 27.2 Å². The fourth-order valence-corrected chi connectivity index (χ4v) is 1.77. The highest BCUT2D eigenvalue weighted by molar-refractivity contribution is 5.13. The van der Waals surface area contributed by atoms with Crippen LogP contribution < -0.4 is 11.1 Å². The lowest BCUT2D eigenvalue weighted by Crippen LogP contribution is -2.23. The van der Waals surface area contributed by atoms with E-state index in [-0.39, 0.29) is 0 Å². The van der Waals surface area contributed by atoms with E-state index in [2.05, 4.69) is 29.4 Å². The smallest absolute Gasteiger partial charge is 0.0202 e. The molecule has 3 heteroatoms. The van der Waals surface area contributed by atoms with Crippen LogP contribution in [-0.4, -0.2) is 38.1 Å². The molecule has 90 valence electrons. The third-order valence-electron chi connectivity index (χ3n) is 2.65. The second-order valence-corrected chi connectivity index (χ2v) is 4.33. The van der Waals surface area contributed by atoms with Crippen molar-refractivity contribution < 1.29 is 0 Å². The SMILES string of the molecule is CN1CCC(N)C1.CNCc1ccccc1. The normalized spacial score (nSPS) is 20.3. The van der Waals surface area contributed by atoms with Crippen LogP contribution >= 0.6 is 0 Å². The molecule has 3 N–H and O–H groups in total. The first-order chi connectivity index (χ1) is 7.72. The number of likely N-dealkylation sites (N-methyl/N-ethyl adjacent to an activating group) is 1. The molecule has 1 fully saturated rings. The minimum absolute atomic E-state index is 0.449. The van der Waals surface area contributed by atoms with Gasteiger partial charge in [0.25, 0.3) is 0 Å². The third kappa shape index (κ3) is 5.26. The standard InChI is InChI=1S/C8H11N.C5H12N2/c1-9-7-8-5-3-2-4-6-8;1-7-3-2-5(6)4-7/h2-6,9H,7H2,1H3;5H,2-4,6H2,1H3. The van der Waals surface area contributed by atoms with Gasteiger partial charge in [0.2, 0.25) is 0 Å². The summed E-state index contributed by atoms with van der Waals surface area (Å²) < 4.78 is 0. The summed E-state index contributed by atoms with van der Waals surface area (Å²) >= 11 is 0. The molecule has 1 saturated heterocycles. The highest BCUT2D eigenvalue weighted by atomic mass is 15.1. The Labute approximate surface area is 98.6 Å². The van der Waals surface area contributed by atoms with E-state index in [1.54, 1.807) is 0 Å². The van der Waals surface area contributed by atoms with Crippen molar-refractivity contribution >= 4 is 0 Å². The summed E-state index contributed by atoms with van der Waals surface area (Å²) in [6.07, 6.45) is 1.18. The minimum Gasteiger partial charge on any atom is -0.326 e. The Morgan fingerprint density at radius 3 is 2.44 bits per heavy atom. The van der Waals surface area contributed by atoms with Crippen molar-refractivity contribution in [3.8, 4) is 0 Å². The number of nitrogens with zero attached hydrogens (tertiary/aromatic N) is 1. The van der Waals surface area contributed by atoms with Crippen LogP contribution in [0.25, 0.3) is 0 Å². The predicted octanol–water partition coefficient (Wildman–Crippen LogP) is 1.06. The zero-order valence-electron chi connectivity index (χ0n) is 10.3. The summed E-state index contributed by atoms with van der Waals surface area (Å²) in [5, 5.41) is 3.08. The minimum atomic E-state index is 0.449. The van der Waals surface area contributed by atoms with Crippen LogP contribution in [0.1, 0.15) is 12.0 Å². The lowest BCUT2D eigenvalue weighted by atomic mass is 10.2. The molecule has 0 bridgehead atoms. The molecular weight excluding hydrogens is 198 g/mol. The van der Waals surface area contributed by atoms with Gasteiger partial charge in [-0.2, -0.15) is 0 Å². The van der Waals surface area contributed by atoms with E-state index in [1.807, 2.05) is 25.2 Å². The van der Waals surface area contributed by atoms with Gasteiger partial charge in [0.1, 0.15) is 0 Å². The van der Waals surface area contributed by atoms with E-state index in [0.29, 0.717) is 6.04 Å². The Kier molecular flexibility index (Phi) is 6.08. The van der Waals surface area contributed by atoms with Crippen molar-refractivity contribution in [2.45, 2.75) is 19.0 Å². The molecule has 0 radical (unpaired) electrons. The molecule has 1 aliphatic rings. The van der Waals surface area contributed by atoms with Crippen LogP contribution in [0.3, 0.4) is 0 Å². The lowest BCUT2D eigenvalue weighted by molar-refractivity contribution is 0.411. The molecule has 1 aliphatic heterocycles. The Morgan fingerprint density at radius 1 is 1.38 bits per heavy atom. The molecule has 1 aromatic rings. The van der Waals surface area contributed by atoms with Gasteiger partial charge in [-0.25, -0.2) is 0 Å². The summed E-state index contributed by atoms with van der Waals surface area (Å²) in [5.74, 6) is 0. The zero-order chi connectivity index (χ0) is 11.8. The van der Waals surface area contributed by atoms with Gasteiger partial charge in [0.05, 0.1) is 0 Å². The van der Waals surface area contributed by atoms with Crippen LogP contribution in [0.5, 0.6) is 0 Å². The lowest BCUT2D eigenvalue weighted by Gasteiger charge is -2.03. The van der Waals surface area contributed by atoms with E-state index in [1.165, 1.54) is 18.5 Å². The van der Waals surface area contributed by atoms with E-state index in [0.717, 1.165) is 13.1 Å². The number of hydrogen-bond acceptors (Lipinski definition) is 3. The summed E-state index contributed by atoms with van der Waals surface area (Å²) in [6, 6.07) is 10.8. The largest absolute Gasteiger partial charge is 0.326 e. The molecule has 0 spiro atoms. The molecule has 1 aromatic carbocycles. The monoisotopic (exact) mass is 221 g/mol. The van der Waals surface area contributed by atoms with E-state index < -0.39 is 0 Å². The molecule has 1 unspecified atom stereocenters. The number of hydrogen-bond donors (Lipinski definition) is 2. The first kappa shape index (κ1) is 13.2. The van der Waals surface area contributed by atoms with Gasteiger partial charge >= 0.3 is 0 Å². The van der Waals surface area contributed by atoms with Gasteiger partial charge < -0.3 is 16.0 Å². The zero-order valence-corrected chi connectivity index (χ0v) is 10.3. The highest BCUT2D eigenvalue weighted by Crippen LogP contribution is 2.01.